The molecule has 4 rings (SSSR count). The van der Waals surface area contributed by atoms with Gasteiger partial charge in [0.2, 0.25) is 0 Å². The van der Waals surface area contributed by atoms with Crippen molar-refractivity contribution in [3.63, 3.8) is 0 Å². The third-order valence-electron chi connectivity index (χ3n) is 5.58. The number of aromatic nitrogens is 2. The second kappa shape index (κ2) is 7.34. The number of nitrogens with zero attached hydrogens (tertiary/aromatic N) is 3. The largest absolute Gasteiger partial charge is 0.355 e. The Kier molecular flexibility index (Phi) is 5.35. The van der Waals surface area contributed by atoms with Gasteiger partial charge in [-0.1, -0.05) is 38.6 Å². The number of hydrogen-bond donors (Lipinski definition) is 1. The Morgan fingerprint density at radius 3 is 2.60 bits per heavy atom. The Bertz CT molecular complexity index is 708. The topological polar surface area (TPSA) is 55.0 Å². The van der Waals surface area contributed by atoms with Gasteiger partial charge < -0.3 is 10.6 Å². The number of anilines is 1. The minimum atomic E-state index is 0. The number of piperidine rings is 1. The Morgan fingerprint density at radius 1 is 1.20 bits per heavy atom. The van der Waals surface area contributed by atoms with Crippen LogP contribution in [0, 0.1) is 5.41 Å². The molecule has 2 aromatic rings. The average Bonchev–Trinajstić information content (AvgIpc) is 2.89. The molecule has 0 amide bonds. The third kappa shape index (κ3) is 3.27. The van der Waals surface area contributed by atoms with E-state index < -0.39 is 0 Å². The second-order valence-electron chi connectivity index (χ2n) is 6.85. The van der Waals surface area contributed by atoms with Gasteiger partial charge in [0.05, 0.1) is 12.4 Å². The molecule has 1 saturated heterocycles. The highest BCUT2D eigenvalue weighted by Crippen LogP contribution is 2.50. The fraction of sp³-hybridized carbons (Fsp3) is 0.500. The quantitative estimate of drug-likeness (QED) is 0.840. The number of thioether (sulfide) groups is 1. The SMILES string of the molecule is C.CCSc1cnc(N2CCC3(CC2)Cc2ccccc2[C@H]3N)cn1. The summed E-state index contributed by atoms with van der Waals surface area (Å²) in [6.07, 6.45) is 7.17. The van der Waals surface area contributed by atoms with E-state index in [-0.39, 0.29) is 18.9 Å². The molecule has 2 aliphatic rings. The summed E-state index contributed by atoms with van der Waals surface area (Å²) in [5, 5.41) is 1.00. The molecule has 1 aliphatic heterocycles. The van der Waals surface area contributed by atoms with E-state index in [0.29, 0.717) is 0 Å². The number of hydrogen-bond acceptors (Lipinski definition) is 5. The molecule has 1 aliphatic carbocycles. The minimum absolute atomic E-state index is 0. The molecular formula is C20H28N4S. The smallest absolute Gasteiger partial charge is 0.147 e. The summed E-state index contributed by atoms with van der Waals surface area (Å²) in [5.41, 5.74) is 9.67. The van der Waals surface area contributed by atoms with Crippen LogP contribution in [0.1, 0.15) is 44.4 Å². The molecule has 134 valence electrons. The van der Waals surface area contributed by atoms with Crippen LogP contribution in [0.15, 0.2) is 41.7 Å². The predicted molar refractivity (Wildman–Crippen MR) is 106 cm³/mol. The maximum Gasteiger partial charge on any atom is 0.147 e. The van der Waals surface area contributed by atoms with Crippen molar-refractivity contribution in [1.29, 1.82) is 0 Å². The molecule has 1 fully saturated rings. The van der Waals surface area contributed by atoms with Crippen molar-refractivity contribution in [1.82, 2.24) is 9.97 Å². The van der Waals surface area contributed by atoms with E-state index in [9.17, 15) is 0 Å². The van der Waals surface area contributed by atoms with Crippen LogP contribution >= 0.6 is 11.8 Å². The average molecular weight is 357 g/mol. The zero-order chi connectivity index (χ0) is 16.6. The van der Waals surface area contributed by atoms with Crippen LogP contribution in [-0.2, 0) is 6.42 Å². The molecule has 5 heteroatoms. The highest BCUT2D eigenvalue weighted by molar-refractivity contribution is 7.99. The molecule has 25 heavy (non-hydrogen) atoms. The molecule has 0 radical (unpaired) electrons. The summed E-state index contributed by atoms with van der Waals surface area (Å²) in [6.45, 7) is 4.15. The van der Waals surface area contributed by atoms with Gasteiger partial charge in [-0.25, -0.2) is 9.97 Å². The van der Waals surface area contributed by atoms with Crippen molar-refractivity contribution in [2.45, 2.75) is 44.7 Å². The van der Waals surface area contributed by atoms with Gasteiger partial charge in [-0.05, 0) is 41.6 Å². The van der Waals surface area contributed by atoms with Crippen molar-refractivity contribution in [3.8, 4) is 0 Å². The molecule has 2 N–H and O–H groups in total. The Balaban J connectivity index is 0.00000182. The van der Waals surface area contributed by atoms with E-state index in [1.54, 1.807) is 11.8 Å². The number of rotatable bonds is 3. The van der Waals surface area contributed by atoms with Gasteiger partial charge in [-0.2, -0.15) is 0 Å². The first-order chi connectivity index (χ1) is 11.7. The summed E-state index contributed by atoms with van der Waals surface area (Å²) in [5.74, 6) is 2.02. The van der Waals surface area contributed by atoms with Crippen molar-refractivity contribution in [2.75, 3.05) is 23.7 Å². The van der Waals surface area contributed by atoms with E-state index in [1.165, 1.54) is 11.1 Å². The summed E-state index contributed by atoms with van der Waals surface area (Å²) in [4.78, 5) is 11.5. The summed E-state index contributed by atoms with van der Waals surface area (Å²) in [6, 6.07) is 8.86. The van der Waals surface area contributed by atoms with Crippen molar-refractivity contribution >= 4 is 17.6 Å². The minimum Gasteiger partial charge on any atom is -0.355 e. The van der Waals surface area contributed by atoms with Crippen LogP contribution in [0.25, 0.3) is 0 Å². The predicted octanol–water partition coefficient (Wildman–Crippen LogP) is 4.07. The molecule has 0 saturated carbocycles. The van der Waals surface area contributed by atoms with E-state index in [1.807, 2.05) is 12.4 Å². The monoisotopic (exact) mass is 356 g/mol. The van der Waals surface area contributed by atoms with E-state index >= 15 is 0 Å². The summed E-state index contributed by atoms with van der Waals surface area (Å²) < 4.78 is 0. The zero-order valence-electron chi connectivity index (χ0n) is 14.1. The number of fused-ring (bicyclic) bond motifs is 1. The molecule has 1 spiro atoms. The van der Waals surface area contributed by atoms with Crippen LogP contribution in [0.5, 0.6) is 0 Å². The highest BCUT2D eigenvalue weighted by Gasteiger charge is 2.45. The summed E-state index contributed by atoms with van der Waals surface area (Å²) >= 11 is 1.73. The zero-order valence-corrected chi connectivity index (χ0v) is 14.9. The maximum atomic E-state index is 6.64. The van der Waals surface area contributed by atoms with E-state index in [2.05, 4.69) is 46.1 Å². The molecule has 1 aromatic carbocycles. The van der Waals surface area contributed by atoms with Crippen molar-refractivity contribution < 1.29 is 0 Å². The molecule has 0 unspecified atom stereocenters. The fourth-order valence-electron chi connectivity index (χ4n) is 4.18. The number of benzene rings is 1. The van der Waals surface area contributed by atoms with Crippen molar-refractivity contribution in [2.24, 2.45) is 11.1 Å². The second-order valence-corrected chi connectivity index (χ2v) is 8.13. The lowest BCUT2D eigenvalue weighted by molar-refractivity contribution is 0.187. The molecule has 0 bridgehead atoms. The Morgan fingerprint density at radius 2 is 1.96 bits per heavy atom. The lowest BCUT2D eigenvalue weighted by Crippen LogP contribution is -2.44. The van der Waals surface area contributed by atoms with Crippen molar-refractivity contribution in [3.05, 3.63) is 47.8 Å². The maximum absolute atomic E-state index is 6.64. The van der Waals surface area contributed by atoms with E-state index in [4.69, 9.17) is 5.73 Å². The number of nitrogens with two attached hydrogens (primary N) is 1. The van der Waals surface area contributed by atoms with Crippen LogP contribution in [0.2, 0.25) is 0 Å². The molecule has 4 nitrogen and oxygen atoms in total. The molecule has 1 atom stereocenters. The van der Waals surface area contributed by atoms with Gasteiger partial charge in [-0.3, -0.25) is 0 Å². The van der Waals surface area contributed by atoms with Gasteiger partial charge in [0, 0.05) is 19.1 Å². The first-order valence-corrected chi connectivity index (χ1v) is 9.73. The van der Waals surface area contributed by atoms with Crippen LogP contribution in [-0.4, -0.2) is 28.8 Å². The third-order valence-corrected chi connectivity index (χ3v) is 6.38. The lowest BCUT2D eigenvalue weighted by Gasteiger charge is -2.42. The van der Waals surface area contributed by atoms with Gasteiger partial charge in [0.15, 0.2) is 0 Å². The van der Waals surface area contributed by atoms with Crippen LogP contribution in [0.3, 0.4) is 0 Å². The van der Waals surface area contributed by atoms with Gasteiger partial charge in [0.25, 0.3) is 0 Å². The molecule has 1 aromatic heterocycles. The van der Waals surface area contributed by atoms with Crippen LogP contribution < -0.4 is 10.6 Å². The lowest BCUT2D eigenvalue weighted by atomic mass is 9.73. The first-order valence-electron chi connectivity index (χ1n) is 8.75. The molecular weight excluding hydrogens is 328 g/mol. The van der Waals surface area contributed by atoms with E-state index in [0.717, 1.165) is 48.9 Å². The Labute approximate surface area is 155 Å². The van der Waals surface area contributed by atoms with Gasteiger partial charge in [-0.15, -0.1) is 11.8 Å². The van der Waals surface area contributed by atoms with Gasteiger partial charge in [0.1, 0.15) is 10.8 Å². The highest BCUT2D eigenvalue weighted by atomic mass is 32.2. The fourth-order valence-corrected chi connectivity index (χ4v) is 4.73. The standard InChI is InChI=1S/C19H24N4S.CH4/c1-2-24-17-13-21-16(12-22-17)23-9-7-19(8-10-23)11-14-5-3-4-6-15(14)18(19)20;/h3-6,12-13,18H,2,7-11,20H2,1H3;1H4/t18-;/m1./s1. The Hall–Kier alpha value is -1.59. The normalized spacial score (nSPS) is 21.0. The first kappa shape index (κ1) is 18.2. The molecule has 2 heterocycles. The van der Waals surface area contributed by atoms with Gasteiger partial charge >= 0.3 is 0 Å². The van der Waals surface area contributed by atoms with Crippen LogP contribution in [0.4, 0.5) is 5.82 Å². The summed E-state index contributed by atoms with van der Waals surface area (Å²) in [7, 11) is 0.